The van der Waals surface area contributed by atoms with E-state index < -0.39 is 0 Å². The predicted octanol–water partition coefficient (Wildman–Crippen LogP) is 6.88. The van der Waals surface area contributed by atoms with Gasteiger partial charge in [-0.2, -0.15) is 0 Å². The topological polar surface area (TPSA) is 47.4 Å². The van der Waals surface area contributed by atoms with E-state index in [-0.39, 0.29) is 19.2 Å². The first-order valence-corrected chi connectivity index (χ1v) is 13.2. The second-order valence-electron chi connectivity index (χ2n) is 8.23. The van der Waals surface area contributed by atoms with Crippen molar-refractivity contribution >= 4 is 46.0 Å². The number of para-hydroxylation sites is 3. The van der Waals surface area contributed by atoms with Gasteiger partial charge in [0.2, 0.25) is 5.91 Å². The van der Waals surface area contributed by atoms with E-state index in [1.807, 2.05) is 79.1 Å². The highest BCUT2D eigenvalue weighted by atomic mass is 35.5. The van der Waals surface area contributed by atoms with Crippen molar-refractivity contribution in [1.29, 1.82) is 0 Å². The van der Waals surface area contributed by atoms with Gasteiger partial charge in [-0.05, 0) is 67.8 Å². The molecule has 0 unspecified atom stereocenters. The lowest BCUT2D eigenvalue weighted by molar-refractivity contribution is -0.120. The predicted molar refractivity (Wildman–Crippen MR) is 145 cm³/mol. The molecule has 1 amide bonds. The maximum Gasteiger partial charge on any atom is 0.248 e. The third kappa shape index (κ3) is 5.89. The van der Waals surface area contributed by atoms with E-state index in [1.54, 1.807) is 16.7 Å². The van der Waals surface area contributed by atoms with E-state index in [1.165, 1.54) is 0 Å². The number of halogens is 1. The van der Waals surface area contributed by atoms with Gasteiger partial charge in [0, 0.05) is 16.5 Å². The standard InChI is InChI=1S/C28H30ClN3O2S/c1-4-21-10-8-9-20(3)28(21)32(19-34-5-2)27(33)17-31-25-12-7-6-11-24(25)30-26(31)18-35-23-15-13-22(29)14-16-23/h6-16H,4-5,17-19H2,1-3H3. The summed E-state index contributed by atoms with van der Waals surface area (Å²) in [6.07, 6.45) is 0.837. The summed E-state index contributed by atoms with van der Waals surface area (Å²) in [4.78, 5) is 21.6. The van der Waals surface area contributed by atoms with Crippen LogP contribution in [0.2, 0.25) is 5.02 Å². The fourth-order valence-electron chi connectivity index (χ4n) is 4.15. The Morgan fingerprint density at radius 1 is 1.06 bits per heavy atom. The van der Waals surface area contributed by atoms with Crippen molar-refractivity contribution in [3.8, 4) is 0 Å². The Hall–Kier alpha value is -2.80. The van der Waals surface area contributed by atoms with Crippen molar-refractivity contribution in [2.45, 2.75) is 44.4 Å². The molecule has 4 rings (SSSR count). The van der Waals surface area contributed by atoms with Crippen molar-refractivity contribution < 1.29 is 9.53 Å². The molecule has 0 aliphatic heterocycles. The maximum atomic E-state index is 13.8. The number of benzene rings is 3. The zero-order valence-corrected chi connectivity index (χ0v) is 21.9. The van der Waals surface area contributed by atoms with Crippen molar-refractivity contribution in [3.63, 3.8) is 0 Å². The van der Waals surface area contributed by atoms with Crippen LogP contribution in [0.15, 0.2) is 71.6 Å². The average Bonchev–Trinajstić information content (AvgIpc) is 3.21. The van der Waals surface area contributed by atoms with E-state index >= 15 is 0 Å². The lowest BCUT2D eigenvalue weighted by Gasteiger charge is -2.27. The van der Waals surface area contributed by atoms with E-state index in [9.17, 15) is 4.79 Å². The third-order valence-corrected chi connectivity index (χ3v) is 7.17. The Bertz CT molecular complexity index is 1300. The summed E-state index contributed by atoms with van der Waals surface area (Å²) in [6.45, 7) is 7.03. The zero-order valence-electron chi connectivity index (χ0n) is 20.3. The van der Waals surface area contributed by atoms with Gasteiger partial charge in [0.25, 0.3) is 0 Å². The molecule has 7 heteroatoms. The SMILES string of the molecule is CCOCN(C(=O)Cn1c(CSc2ccc(Cl)cc2)nc2ccccc21)c1c(C)cccc1CC. The first-order valence-electron chi connectivity index (χ1n) is 11.8. The largest absolute Gasteiger partial charge is 0.361 e. The molecule has 0 atom stereocenters. The molecule has 1 aromatic heterocycles. The van der Waals surface area contributed by atoms with Crippen molar-refractivity contribution in [3.05, 3.63) is 88.7 Å². The number of carbonyl (C=O) groups is 1. The van der Waals surface area contributed by atoms with Gasteiger partial charge in [-0.1, -0.05) is 48.9 Å². The summed E-state index contributed by atoms with van der Waals surface area (Å²) in [5, 5.41) is 0.712. The Kier molecular flexibility index (Phi) is 8.50. The lowest BCUT2D eigenvalue weighted by Crippen LogP contribution is -2.37. The minimum atomic E-state index is -0.0247. The molecule has 0 radical (unpaired) electrons. The van der Waals surface area contributed by atoms with Crippen LogP contribution < -0.4 is 4.90 Å². The molecule has 182 valence electrons. The number of imidazole rings is 1. The highest BCUT2D eigenvalue weighted by Gasteiger charge is 2.23. The van der Waals surface area contributed by atoms with E-state index in [4.69, 9.17) is 21.3 Å². The zero-order chi connectivity index (χ0) is 24.8. The van der Waals surface area contributed by atoms with E-state index in [0.717, 1.165) is 45.0 Å². The molecule has 0 fully saturated rings. The molecule has 1 heterocycles. The molecular formula is C28H30ClN3O2S. The van der Waals surface area contributed by atoms with Crippen LogP contribution in [-0.4, -0.2) is 28.8 Å². The van der Waals surface area contributed by atoms with Crippen molar-refractivity contribution in [1.82, 2.24) is 9.55 Å². The fraction of sp³-hybridized carbons (Fsp3) is 0.286. The number of anilines is 1. The maximum absolute atomic E-state index is 13.8. The van der Waals surface area contributed by atoms with Gasteiger partial charge in [-0.25, -0.2) is 4.98 Å². The summed E-state index contributed by atoms with van der Waals surface area (Å²) >= 11 is 7.71. The quantitative estimate of drug-likeness (QED) is 0.173. The smallest absolute Gasteiger partial charge is 0.248 e. The van der Waals surface area contributed by atoms with Gasteiger partial charge < -0.3 is 9.30 Å². The molecule has 0 bridgehead atoms. The van der Waals surface area contributed by atoms with Gasteiger partial charge in [-0.15, -0.1) is 11.8 Å². The second kappa shape index (κ2) is 11.8. The normalized spacial score (nSPS) is 11.2. The summed E-state index contributed by atoms with van der Waals surface area (Å²) < 4.78 is 7.77. The first-order chi connectivity index (χ1) is 17.0. The minimum Gasteiger partial charge on any atom is -0.361 e. The molecular weight excluding hydrogens is 478 g/mol. The number of nitrogens with zero attached hydrogens (tertiary/aromatic N) is 3. The van der Waals surface area contributed by atoms with Crippen molar-refractivity contribution in [2.24, 2.45) is 0 Å². The van der Waals surface area contributed by atoms with Gasteiger partial charge in [0.1, 0.15) is 19.1 Å². The van der Waals surface area contributed by atoms with Gasteiger partial charge in [-0.3, -0.25) is 9.69 Å². The number of thioether (sulfide) groups is 1. The Morgan fingerprint density at radius 3 is 2.57 bits per heavy atom. The third-order valence-electron chi connectivity index (χ3n) is 5.91. The summed E-state index contributed by atoms with van der Waals surface area (Å²) in [5.74, 6) is 1.47. The fourth-order valence-corrected chi connectivity index (χ4v) is 5.12. The number of hydrogen-bond donors (Lipinski definition) is 0. The van der Waals surface area contributed by atoms with Crippen LogP contribution in [0.4, 0.5) is 5.69 Å². The van der Waals surface area contributed by atoms with E-state index in [2.05, 4.69) is 13.0 Å². The lowest BCUT2D eigenvalue weighted by atomic mass is 10.0. The molecule has 0 N–H and O–H groups in total. The molecule has 5 nitrogen and oxygen atoms in total. The molecule has 35 heavy (non-hydrogen) atoms. The van der Waals surface area contributed by atoms with Crippen LogP contribution in [0, 0.1) is 6.92 Å². The number of aromatic nitrogens is 2. The Labute approximate surface area is 216 Å². The van der Waals surface area contributed by atoms with Crippen LogP contribution in [0.25, 0.3) is 11.0 Å². The minimum absolute atomic E-state index is 0.0247. The number of rotatable bonds is 10. The van der Waals surface area contributed by atoms with Gasteiger partial charge in [0.05, 0.1) is 22.5 Å². The number of ether oxygens (including phenoxy) is 1. The number of carbonyl (C=O) groups excluding carboxylic acids is 1. The second-order valence-corrected chi connectivity index (χ2v) is 9.71. The number of hydrogen-bond acceptors (Lipinski definition) is 4. The molecule has 0 saturated heterocycles. The Morgan fingerprint density at radius 2 is 1.83 bits per heavy atom. The number of amides is 1. The molecule has 0 aliphatic rings. The number of aryl methyl sites for hydroxylation is 2. The number of fused-ring (bicyclic) bond motifs is 1. The molecule has 4 aromatic rings. The highest BCUT2D eigenvalue weighted by Crippen LogP contribution is 2.29. The summed E-state index contributed by atoms with van der Waals surface area (Å²) in [5.41, 5.74) is 4.96. The van der Waals surface area contributed by atoms with E-state index in [0.29, 0.717) is 17.4 Å². The Balaban J connectivity index is 1.66. The van der Waals surface area contributed by atoms with Crippen LogP contribution in [0.5, 0.6) is 0 Å². The summed E-state index contributed by atoms with van der Waals surface area (Å²) in [7, 11) is 0. The molecule has 3 aromatic carbocycles. The first kappa shape index (κ1) is 25.3. The molecule has 0 spiro atoms. The molecule has 0 saturated carbocycles. The monoisotopic (exact) mass is 507 g/mol. The average molecular weight is 508 g/mol. The van der Waals surface area contributed by atoms with Crippen LogP contribution in [-0.2, 0) is 28.2 Å². The van der Waals surface area contributed by atoms with Crippen LogP contribution in [0.1, 0.15) is 30.8 Å². The van der Waals surface area contributed by atoms with Crippen LogP contribution in [0.3, 0.4) is 0 Å². The van der Waals surface area contributed by atoms with Crippen molar-refractivity contribution in [2.75, 3.05) is 18.2 Å². The van der Waals surface area contributed by atoms with Crippen LogP contribution >= 0.6 is 23.4 Å². The highest BCUT2D eigenvalue weighted by molar-refractivity contribution is 7.98. The summed E-state index contributed by atoms with van der Waals surface area (Å²) in [6, 6.07) is 21.9. The molecule has 0 aliphatic carbocycles. The van der Waals surface area contributed by atoms with Gasteiger partial charge in [0.15, 0.2) is 0 Å². The van der Waals surface area contributed by atoms with Gasteiger partial charge >= 0.3 is 0 Å².